The first-order valence-electron chi connectivity index (χ1n) is 12.9. The molecular weight excluding hydrogens is 488 g/mol. The molecule has 1 aromatic carbocycles. The normalized spacial score (nSPS) is 21.4. The van der Waals surface area contributed by atoms with Crippen LogP contribution in [0.5, 0.6) is 0 Å². The summed E-state index contributed by atoms with van der Waals surface area (Å²) in [5, 5.41) is 16.2. The summed E-state index contributed by atoms with van der Waals surface area (Å²) in [7, 11) is 0. The number of amides is 3. The van der Waals surface area contributed by atoms with E-state index in [9.17, 15) is 19.5 Å². The van der Waals surface area contributed by atoms with Gasteiger partial charge in [0.15, 0.2) is 0 Å². The molecule has 3 amide bonds. The third-order valence-corrected chi connectivity index (χ3v) is 8.38. The lowest BCUT2D eigenvalue weighted by atomic mass is 9.85. The van der Waals surface area contributed by atoms with Gasteiger partial charge in [-0.25, -0.2) is 4.98 Å². The minimum absolute atomic E-state index is 0.0273. The van der Waals surface area contributed by atoms with Crippen molar-refractivity contribution >= 4 is 29.1 Å². The summed E-state index contributed by atoms with van der Waals surface area (Å²) < 4.78 is 0. The maximum Gasteiger partial charge on any atom is 0.246 e. The Kier molecular flexibility index (Phi) is 7.76. The number of carbonyl (C=O) groups is 3. The zero-order valence-corrected chi connectivity index (χ0v) is 23.2. The SMILES string of the molecule is Cc1ncsc1-c1ccc(CNC(=O)[C@@H]2C[C@@H](O)CN2C(=O)[C@@H](NC(=O)CC2(C)CC2)C(C)(C)C)cc1. The number of carbonyl (C=O) groups excluding carboxylic acids is 3. The Morgan fingerprint density at radius 3 is 2.46 bits per heavy atom. The van der Waals surface area contributed by atoms with Crippen LogP contribution in [0.15, 0.2) is 29.8 Å². The fourth-order valence-electron chi connectivity index (χ4n) is 4.77. The minimum atomic E-state index is -0.789. The van der Waals surface area contributed by atoms with E-state index in [0.717, 1.165) is 34.5 Å². The number of nitrogens with zero attached hydrogens (tertiary/aromatic N) is 2. The van der Waals surface area contributed by atoms with E-state index in [1.54, 1.807) is 11.3 Å². The van der Waals surface area contributed by atoms with Crippen LogP contribution < -0.4 is 10.6 Å². The Hall–Kier alpha value is -2.78. The highest BCUT2D eigenvalue weighted by atomic mass is 32.1. The highest BCUT2D eigenvalue weighted by Gasteiger charge is 2.45. The van der Waals surface area contributed by atoms with Crippen LogP contribution in [0.2, 0.25) is 0 Å². The predicted octanol–water partition coefficient (Wildman–Crippen LogP) is 3.42. The highest BCUT2D eigenvalue weighted by molar-refractivity contribution is 7.13. The van der Waals surface area contributed by atoms with Gasteiger partial charge in [0.2, 0.25) is 17.7 Å². The van der Waals surface area contributed by atoms with Gasteiger partial charge < -0.3 is 20.6 Å². The van der Waals surface area contributed by atoms with Crippen LogP contribution in [0.4, 0.5) is 0 Å². The number of likely N-dealkylation sites (tertiary alicyclic amines) is 1. The first-order valence-corrected chi connectivity index (χ1v) is 13.8. The molecule has 0 spiro atoms. The number of aliphatic hydroxyl groups excluding tert-OH is 1. The van der Waals surface area contributed by atoms with Gasteiger partial charge in [-0.3, -0.25) is 14.4 Å². The number of hydrogen-bond acceptors (Lipinski definition) is 6. The average molecular weight is 527 g/mol. The molecule has 1 saturated heterocycles. The van der Waals surface area contributed by atoms with Crippen molar-refractivity contribution in [2.45, 2.75) is 85.0 Å². The molecule has 0 unspecified atom stereocenters. The van der Waals surface area contributed by atoms with Crippen LogP contribution in [0.3, 0.4) is 0 Å². The summed E-state index contributed by atoms with van der Waals surface area (Å²) in [5.41, 5.74) is 4.30. The molecule has 2 fully saturated rings. The van der Waals surface area contributed by atoms with Crippen LogP contribution in [-0.4, -0.2) is 57.4 Å². The molecule has 2 heterocycles. The van der Waals surface area contributed by atoms with Crippen molar-refractivity contribution in [3.63, 3.8) is 0 Å². The van der Waals surface area contributed by atoms with Crippen LogP contribution in [0.1, 0.15) is 64.6 Å². The van der Waals surface area contributed by atoms with Crippen molar-refractivity contribution in [2.75, 3.05) is 6.54 Å². The summed E-state index contributed by atoms with van der Waals surface area (Å²) in [5.74, 6) is -0.787. The monoisotopic (exact) mass is 526 g/mol. The van der Waals surface area contributed by atoms with Gasteiger partial charge in [0.25, 0.3) is 0 Å². The molecule has 2 aromatic rings. The number of benzene rings is 1. The molecule has 1 aromatic heterocycles. The van der Waals surface area contributed by atoms with Gasteiger partial charge >= 0.3 is 0 Å². The molecule has 0 bridgehead atoms. The molecule has 1 saturated carbocycles. The second-order valence-corrected chi connectivity index (χ2v) is 12.8. The smallest absolute Gasteiger partial charge is 0.246 e. The highest BCUT2D eigenvalue weighted by Crippen LogP contribution is 2.48. The number of thiazole rings is 1. The number of rotatable bonds is 8. The second kappa shape index (κ2) is 10.5. The van der Waals surface area contributed by atoms with Crippen molar-refractivity contribution < 1.29 is 19.5 Å². The lowest BCUT2D eigenvalue weighted by Crippen LogP contribution is -2.57. The maximum atomic E-state index is 13.6. The van der Waals surface area contributed by atoms with Crippen LogP contribution in [0.25, 0.3) is 10.4 Å². The Bertz CT molecular complexity index is 1150. The zero-order valence-electron chi connectivity index (χ0n) is 22.3. The number of hydrogen-bond donors (Lipinski definition) is 3. The van der Waals surface area contributed by atoms with Crippen molar-refractivity contribution in [3.05, 3.63) is 41.0 Å². The fraction of sp³-hybridized carbons (Fsp3) is 0.571. The number of aryl methyl sites for hydroxylation is 1. The molecule has 9 heteroatoms. The van der Waals surface area contributed by atoms with E-state index >= 15 is 0 Å². The van der Waals surface area contributed by atoms with Gasteiger partial charge in [-0.15, -0.1) is 11.3 Å². The van der Waals surface area contributed by atoms with E-state index in [1.165, 1.54) is 4.90 Å². The standard InChI is InChI=1S/C28H38N4O4S/c1-17-23(37-16-30-17)19-8-6-18(7-9-19)14-29-25(35)21-12-20(33)15-32(21)26(36)24(27(2,3)4)31-22(34)13-28(5)10-11-28/h6-9,16,20-21,24,33H,10-15H2,1-5H3,(H,29,35)(H,31,34)/t20-,21+,24-/m1/s1. The number of β-amino-alcohol motifs (C(OH)–C–C–N with tert-alkyl or cyclic N) is 1. The van der Waals surface area contributed by atoms with Crippen molar-refractivity contribution in [1.82, 2.24) is 20.5 Å². The molecule has 2 aliphatic rings. The summed E-state index contributed by atoms with van der Waals surface area (Å²) in [6.45, 7) is 10.1. The third-order valence-electron chi connectivity index (χ3n) is 7.40. The lowest BCUT2D eigenvalue weighted by Gasteiger charge is -2.35. The number of aromatic nitrogens is 1. The molecule has 37 heavy (non-hydrogen) atoms. The Morgan fingerprint density at radius 1 is 1.22 bits per heavy atom. The molecule has 8 nitrogen and oxygen atoms in total. The molecule has 1 aliphatic carbocycles. The molecule has 1 aliphatic heterocycles. The van der Waals surface area contributed by atoms with Gasteiger partial charge in [-0.05, 0) is 41.7 Å². The van der Waals surface area contributed by atoms with Gasteiger partial charge in [-0.2, -0.15) is 0 Å². The molecule has 3 atom stereocenters. The van der Waals surface area contributed by atoms with E-state index < -0.39 is 23.6 Å². The molecule has 3 N–H and O–H groups in total. The zero-order chi connectivity index (χ0) is 27.0. The topological polar surface area (TPSA) is 112 Å². The van der Waals surface area contributed by atoms with Gasteiger partial charge in [0, 0.05) is 25.9 Å². The summed E-state index contributed by atoms with van der Waals surface area (Å²) >= 11 is 1.59. The van der Waals surface area contributed by atoms with Crippen molar-refractivity contribution in [2.24, 2.45) is 10.8 Å². The maximum absolute atomic E-state index is 13.6. The van der Waals surface area contributed by atoms with E-state index in [4.69, 9.17) is 0 Å². The first kappa shape index (κ1) is 27.3. The van der Waals surface area contributed by atoms with Gasteiger partial charge in [-0.1, -0.05) is 52.0 Å². The molecule has 200 valence electrons. The summed E-state index contributed by atoms with van der Waals surface area (Å²) in [6.07, 6.45) is 1.80. The lowest BCUT2D eigenvalue weighted by molar-refractivity contribution is -0.144. The quantitative estimate of drug-likeness (QED) is 0.488. The van der Waals surface area contributed by atoms with Crippen LogP contribution in [0, 0.1) is 17.8 Å². The van der Waals surface area contributed by atoms with Crippen molar-refractivity contribution in [1.29, 1.82) is 0 Å². The first-order chi connectivity index (χ1) is 17.4. The number of nitrogens with one attached hydrogen (secondary N) is 2. The van der Waals surface area contributed by atoms with E-state index in [-0.39, 0.29) is 36.1 Å². The largest absolute Gasteiger partial charge is 0.391 e. The van der Waals surface area contributed by atoms with Crippen LogP contribution in [-0.2, 0) is 20.9 Å². The van der Waals surface area contributed by atoms with E-state index in [2.05, 4.69) is 22.5 Å². The molecule has 0 radical (unpaired) electrons. The Balaban J connectivity index is 1.40. The molecular formula is C28H38N4O4S. The van der Waals surface area contributed by atoms with E-state index in [0.29, 0.717) is 13.0 Å². The average Bonchev–Trinajstić information content (AvgIpc) is 3.20. The Labute approximate surface area is 222 Å². The van der Waals surface area contributed by atoms with Gasteiger partial charge in [0.1, 0.15) is 12.1 Å². The van der Waals surface area contributed by atoms with Crippen LogP contribution >= 0.6 is 11.3 Å². The minimum Gasteiger partial charge on any atom is -0.391 e. The molecule has 4 rings (SSSR count). The summed E-state index contributed by atoms with van der Waals surface area (Å²) in [4.78, 5) is 46.4. The third kappa shape index (κ3) is 6.57. The van der Waals surface area contributed by atoms with E-state index in [1.807, 2.05) is 57.5 Å². The fourth-order valence-corrected chi connectivity index (χ4v) is 5.58. The predicted molar refractivity (Wildman–Crippen MR) is 144 cm³/mol. The number of aliphatic hydroxyl groups is 1. The second-order valence-electron chi connectivity index (χ2n) is 11.9. The van der Waals surface area contributed by atoms with Gasteiger partial charge in [0.05, 0.1) is 22.2 Å². The summed E-state index contributed by atoms with van der Waals surface area (Å²) in [6, 6.07) is 6.38. The van der Waals surface area contributed by atoms with Crippen molar-refractivity contribution in [3.8, 4) is 10.4 Å². The Morgan fingerprint density at radius 2 is 1.89 bits per heavy atom.